The predicted molar refractivity (Wildman–Crippen MR) is 94.9 cm³/mol. The summed E-state index contributed by atoms with van der Waals surface area (Å²) in [6, 6.07) is 8.39. The van der Waals surface area contributed by atoms with Crippen LogP contribution < -0.4 is 5.32 Å². The highest BCUT2D eigenvalue weighted by Crippen LogP contribution is 2.08. The van der Waals surface area contributed by atoms with Crippen LogP contribution in [-0.4, -0.2) is 43.9 Å². The zero-order valence-electron chi connectivity index (χ0n) is 14.8. The van der Waals surface area contributed by atoms with E-state index < -0.39 is 38.6 Å². The normalized spacial score (nSPS) is 12.1. The summed E-state index contributed by atoms with van der Waals surface area (Å²) in [4.78, 5) is 34.7. The van der Waals surface area contributed by atoms with Crippen LogP contribution in [0, 0.1) is 0 Å². The number of aliphatic carboxylic acids is 1. The van der Waals surface area contributed by atoms with Crippen molar-refractivity contribution in [2.24, 2.45) is 0 Å². The second-order valence-corrected chi connectivity index (χ2v) is 12.5. The highest BCUT2D eigenvalue weighted by molar-refractivity contribution is 6.76. The molecule has 25 heavy (non-hydrogen) atoms. The van der Waals surface area contributed by atoms with Crippen molar-refractivity contribution in [3.8, 4) is 0 Å². The van der Waals surface area contributed by atoms with Gasteiger partial charge in [0, 0.05) is 8.07 Å². The summed E-state index contributed by atoms with van der Waals surface area (Å²) in [6.45, 7) is 6.71. The smallest absolute Gasteiger partial charge is 0.408 e. The van der Waals surface area contributed by atoms with E-state index in [-0.39, 0.29) is 13.2 Å². The van der Waals surface area contributed by atoms with Gasteiger partial charge in [0.25, 0.3) is 0 Å². The Labute approximate surface area is 148 Å². The number of esters is 1. The number of nitrogens with one attached hydrogen (secondary N) is 1. The molecule has 2 N–H and O–H groups in total. The number of amides is 1. The Morgan fingerprint density at radius 2 is 1.76 bits per heavy atom. The average molecular weight is 367 g/mol. The van der Waals surface area contributed by atoms with Gasteiger partial charge in [0.2, 0.25) is 0 Å². The van der Waals surface area contributed by atoms with Crippen LogP contribution in [0.25, 0.3) is 0 Å². The summed E-state index contributed by atoms with van der Waals surface area (Å²) in [5.41, 5.74) is 0.773. The molecule has 0 aliphatic rings. The number of carboxylic acid groups (broad SMARTS) is 1. The summed E-state index contributed by atoms with van der Waals surface area (Å²) in [6.07, 6.45) is -1.34. The molecule has 0 saturated heterocycles. The Hall–Kier alpha value is -2.35. The largest absolute Gasteiger partial charge is 0.480 e. The minimum atomic E-state index is -1.39. The maximum atomic E-state index is 11.7. The van der Waals surface area contributed by atoms with E-state index in [1.807, 2.05) is 6.07 Å². The van der Waals surface area contributed by atoms with E-state index in [1.54, 1.807) is 24.3 Å². The molecule has 0 aliphatic carbocycles. The molecule has 1 rings (SSSR count). The van der Waals surface area contributed by atoms with Crippen molar-refractivity contribution in [1.82, 2.24) is 5.32 Å². The van der Waals surface area contributed by atoms with E-state index in [9.17, 15) is 14.4 Å². The van der Waals surface area contributed by atoms with Crippen LogP contribution in [0.5, 0.6) is 0 Å². The Morgan fingerprint density at radius 3 is 2.32 bits per heavy atom. The number of carboxylic acids is 1. The standard InChI is InChI=1S/C17H25NO6Si/c1-25(2,3)10-9-23-15(19)11-14(16(20)21)18-17(22)24-12-13-7-5-4-6-8-13/h4-8,14H,9-12H2,1-3H3,(H,18,22)(H,20,21)/t14-/m0/s1. The first-order valence-corrected chi connectivity index (χ1v) is 11.7. The lowest BCUT2D eigenvalue weighted by Crippen LogP contribution is -2.42. The second kappa shape index (κ2) is 9.82. The van der Waals surface area contributed by atoms with Gasteiger partial charge in [-0.2, -0.15) is 0 Å². The zero-order valence-corrected chi connectivity index (χ0v) is 15.8. The van der Waals surface area contributed by atoms with E-state index >= 15 is 0 Å². The molecule has 138 valence electrons. The number of alkyl carbamates (subject to hydrolysis) is 1. The molecule has 0 saturated carbocycles. The summed E-state index contributed by atoms with van der Waals surface area (Å²) in [5.74, 6) is -1.98. The first-order valence-electron chi connectivity index (χ1n) is 8.03. The van der Waals surface area contributed by atoms with Crippen LogP contribution in [0.3, 0.4) is 0 Å². The monoisotopic (exact) mass is 367 g/mol. The van der Waals surface area contributed by atoms with Crippen LogP contribution in [-0.2, 0) is 25.7 Å². The fraction of sp³-hybridized carbons (Fsp3) is 0.471. The third-order valence-electron chi connectivity index (χ3n) is 3.29. The zero-order chi connectivity index (χ0) is 18.9. The molecular formula is C17H25NO6Si. The van der Waals surface area contributed by atoms with Gasteiger partial charge in [0.1, 0.15) is 12.6 Å². The van der Waals surface area contributed by atoms with Gasteiger partial charge in [0.15, 0.2) is 0 Å². The van der Waals surface area contributed by atoms with Crippen LogP contribution >= 0.6 is 0 Å². The molecule has 7 nitrogen and oxygen atoms in total. The van der Waals surface area contributed by atoms with Crippen LogP contribution in [0.4, 0.5) is 4.79 Å². The lowest BCUT2D eigenvalue weighted by atomic mass is 10.2. The number of carbonyl (C=O) groups excluding carboxylic acids is 2. The van der Waals surface area contributed by atoms with Crippen molar-refractivity contribution in [1.29, 1.82) is 0 Å². The fourth-order valence-electron chi connectivity index (χ4n) is 1.80. The summed E-state index contributed by atoms with van der Waals surface area (Å²) < 4.78 is 10.0. The SMILES string of the molecule is C[Si](C)(C)CCOC(=O)C[C@H](NC(=O)OCc1ccccc1)C(=O)O. The number of carbonyl (C=O) groups is 3. The molecule has 8 heteroatoms. The van der Waals surface area contributed by atoms with Gasteiger partial charge < -0.3 is 19.9 Å². The van der Waals surface area contributed by atoms with Crippen LogP contribution in [0.2, 0.25) is 25.7 Å². The highest BCUT2D eigenvalue weighted by Gasteiger charge is 2.25. The Morgan fingerprint density at radius 1 is 1.12 bits per heavy atom. The van der Waals surface area contributed by atoms with E-state index in [0.29, 0.717) is 0 Å². The molecule has 0 radical (unpaired) electrons. The quantitative estimate of drug-likeness (QED) is 0.514. The van der Waals surface area contributed by atoms with E-state index in [0.717, 1.165) is 11.6 Å². The number of hydrogen-bond donors (Lipinski definition) is 2. The van der Waals surface area contributed by atoms with Crippen molar-refractivity contribution in [3.05, 3.63) is 35.9 Å². The van der Waals surface area contributed by atoms with Gasteiger partial charge in [0.05, 0.1) is 13.0 Å². The Bertz CT molecular complexity index is 585. The van der Waals surface area contributed by atoms with Crippen molar-refractivity contribution < 1.29 is 29.0 Å². The van der Waals surface area contributed by atoms with Crippen molar-refractivity contribution >= 4 is 26.1 Å². The lowest BCUT2D eigenvalue weighted by molar-refractivity contribution is -0.149. The van der Waals surface area contributed by atoms with E-state index in [4.69, 9.17) is 14.6 Å². The molecule has 1 atom stereocenters. The van der Waals surface area contributed by atoms with E-state index in [2.05, 4.69) is 25.0 Å². The third kappa shape index (κ3) is 9.51. The van der Waals surface area contributed by atoms with Gasteiger partial charge in [-0.15, -0.1) is 0 Å². The minimum absolute atomic E-state index is 0.0136. The molecule has 0 spiro atoms. The molecule has 1 amide bonds. The van der Waals surface area contributed by atoms with E-state index in [1.165, 1.54) is 0 Å². The van der Waals surface area contributed by atoms with Gasteiger partial charge >= 0.3 is 18.0 Å². The number of benzene rings is 1. The number of rotatable bonds is 9. The molecule has 0 bridgehead atoms. The average Bonchev–Trinajstić information content (AvgIpc) is 2.52. The van der Waals surface area contributed by atoms with Gasteiger partial charge in [-0.05, 0) is 11.6 Å². The maximum Gasteiger partial charge on any atom is 0.408 e. The molecule has 0 unspecified atom stereocenters. The van der Waals surface area contributed by atoms with Gasteiger partial charge in [-0.3, -0.25) is 4.79 Å². The van der Waals surface area contributed by atoms with Crippen molar-refractivity contribution in [2.75, 3.05) is 6.61 Å². The first kappa shape index (κ1) is 20.7. The maximum absolute atomic E-state index is 11.7. The number of hydrogen-bond acceptors (Lipinski definition) is 5. The summed E-state index contributed by atoms with van der Waals surface area (Å²) in [7, 11) is -1.34. The Balaban J connectivity index is 2.41. The Kier molecular flexibility index (Phi) is 8.13. The van der Waals surface area contributed by atoms with Crippen molar-refractivity contribution in [2.45, 2.75) is 44.8 Å². The fourth-order valence-corrected chi connectivity index (χ4v) is 2.52. The molecular weight excluding hydrogens is 342 g/mol. The third-order valence-corrected chi connectivity index (χ3v) is 4.99. The number of ether oxygens (including phenoxy) is 2. The van der Waals surface area contributed by atoms with Crippen LogP contribution in [0.15, 0.2) is 30.3 Å². The molecule has 0 aliphatic heterocycles. The lowest BCUT2D eigenvalue weighted by Gasteiger charge is -2.17. The minimum Gasteiger partial charge on any atom is -0.480 e. The molecule has 0 heterocycles. The van der Waals surface area contributed by atoms with Crippen LogP contribution in [0.1, 0.15) is 12.0 Å². The first-order chi connectivity index (χ1) is 11.7. The summed E-state index contributed by atoms with van der Waals surface area (Å²) >= 11 is 0. The topological polar surface area (TPSA) is 102 Å². The predicted octanol–water partition coefficient (Wildman–Crippen LogP) is 2.64. The molecule has 0 fully saturated rings. The van der Waals surface area contributed by atoms with Gasteiger partial charge in [-0.1, -0.05) is 50.0 Å². The molecule has 0 aromatic heterocycles. The molecule has 1 aromatic rings. The highest BCUT2D eigenvalue weighted by atomic mass is 28.3. The molecule has 1 aromatic carbocycles. The summed E-state index contributed by atoms with van der Waals surface area (Å²) in [5, 5.41) is 11.3. The van der Waals surface area contributed by atoms with Gasteiger partial charge in [-0.25, -0.2) is 9.59 Å². The van der Waals surface area contributed by atoms with Crippen molar-refractivity contribution in [3.63, 3.8) is 0 Å². The second-order valence-electron chi connectivity index (χ2n) is 6.83.